The number of hydrogen-bond acceptors (Lipinski definition) is 2. The molecule has 1 rings (SSSR count). The highest BCUT2D eigenvalue weighted by atomic mass is 19.3. The Balaban J connectivity index is 2.45. The largest absolute Gasteiger partial charge is 0.379 e. The lowest BCUT2D eigenvalue weighted by molar-refractivity contribution is -0.135. The summed E-state index contributed by atoms with van der Waals surface area (Å²) in [6.45, 7) is 2.66. The Morgan fingerprint density at radius 2 is 2.31 bits per heavy atom. The predicted octanol–water partition coefficient (Wildman–Crippen LogP) is 0.937. The maximum Gasteiger partial charge on any atom is 0.315 e. The number of ether oxygens (including phenoxy) is 1. The highest BCUT2D eigenvalue weighted by Crippen LogP contribution is 2.18. The highest BCUT2D eigenvalue weighted by molar-refractivity contribution is 5.79. The molecule has 0 bridgehead atoms. The molecular formula is C8H13F2NO2. The summed E-state index contributed by atoms with van der Waals surface area (Å²) in [5, 5.41) is 2.28. The third-order valence-electron chi connectivity index (χ3n) is 2.06. The molecule has 1 fully saturated rings. The van der Waals surface area contributed by atoms with Crippen molar-refractivity contribution in [1.29, 1.82) is 0 Å². The van der Waals surface area contributed by atoms with Gasteiger partial charge in [0.2, 0.25) is 0 Å². The topological polar surface area (TPSA) is 38.3 Å². The van der Waals surface area contributed by atoms with Crippen molar-refractivity contribution in [3.05, 3.63) is 0 Å². The molecular weight excluding hydrogens is 180 g/mol. The SMILES string of the molecule is CC1(NC(=O)C(F)F)CCCOC1. The average Bonchev–Trinajstić information content (AvgIpc) is 2.04. The van der Waals surface area contributed by atoms with Crippen molar-refractivity contribution in [3.63, 3.8) is 0 Å². The lowest BCUT2D eigenvalue weighted by Gasteiger charge is -2.34. The van der Waals surface area contributed by atoms with Crippen molar-refractivity contribution in [2.24, 2.45) is 0 Å². The molecule has 1 unspecified atom stereocenters. The van der Waals surface area contributed by atoms with E-state index >= 15 is 0 Å². The molecule has 1 saturated heterocycles. The van der Waals surface area contributed by atoms with Crippen molar-refractivity contribution < 1.29 is 18.3 Å². The van der Waals surface area contributed by atoms with E-state index in [2.05, 4.69) is 5.32 Å². The minimum absolute atomic E-state index is 0.311. The van der Waals surface area contributed by atoms with Gasteiger partial charge in [0.15, 0.2) is 0 Å². The van der Waals surface area contributed by atoms with Crippen LogP contribution >= 0.6 is 0 Å². The molecule has 1 atom stereocenters. The van der Waals surface area contributed by atoms with Gasteiger partial charge in [-0.1, -0.05) is 0 Å². The Bertz CT molecular complexity index is 191. The van der Waals surface area contributed by atoms with E-state index in [1.54, 1.807) is 6.92 Å². The first-order chi connectivity index (χ1) is 6.03. The third kappa shape index (κ3) is 2.91. The van der Waals surface area contributed by atoms with E-state index in [1.165, 1.54) is 0 Å². The van der Waals surface area contributed by atoms with Crippen LogP contribution < -0.4 is 5.32 Å². The van der Waals surface area contributed by atoms with Gasteiger partial charge in [-0.3, -0.25) is 4.79 Å². The van der Waals surface area contributed by atoms with Gasteiger partial charge in [-0.15, -0.1) is 0 Å². The summed E-state index contributed by atoms with van der Waals surface area (Å²) in [4.78, 5) is 10.7. The Kier molecular flexibility index (Phi) is 3.19. The molecule has 1 N–H and O–H groups in total. The van der Waals surface area contributed by atoms with Gasteiger partial charge in [-0.25, -0.2) is 0 Å². The molecule has 1 aliphatic heterocycles. The molecule has 0 aromatic rings. The number of halogens is 2. The zero-order valence-corrected chi connectivity index (χ0v) is 7.48. The Morgan fingerprint density at radius 1 is 1.62 bits per heavy atom. The number of rotatable bonds is 2. The number of carbonyl (C=O) groups excluding carboxylic acids is 1. The van der Waals surface area contributed by atoms with Crippen LogP contribution in [0.4, 0.5) is 8.78 Å². The molecule has 3 nitrogen and oxygen atoms in total. The molecule has 0 spiro atoms. The quantitative estimate of drug-likeness (QED) is 0.708. The Hall–Kier alpha value is -0.710. The zero-order chi connectivity index (χ0) is 9.90. The van der Waals surface area contributed by atoms with Crippen molar-refractivity contribution in [1.82, 2.24) is 5.32 Å². The van der Waals surface area contributed by atoms with Gasteiger partial charge in [0.1, 0.15) is 0 Å². The van der Waals surface area contributed by atoms with Crippen molar-refractivity contribution >= 4 is 5.91 Å². The summed E-state index contributed by atoms with van der Waals surface area (Å²) in [6, 6.07) is 0. The van der Waals surface area contributed by atoms with Gasteiger partial charge in [-0.05, 0) is 19.8 Å². The Labute approximate surface area is 75.4 Å². The van der Waals surface area contributed by atoms with Gasteiger partial charge in [0.05, 0.1) is 12.1 Å². The maximum atomic E-state index is 11.9. The van der Waals surface area contributed by atoms with Crippen LogP contribution in [-0.4, -0.2) is 31.1 Å². The lowest BCUT2D eigenvalue weighted by Crippen LogP contribution is -2.53. The van der Waals surface area contributed by atoms with E-state index in [-0.39, 0.29) is 0 Å². The number of nitrogens with one attached hydrogen (secondary N) is 1. The van der Waals surface area contributed by atoms with E-state index in [0.29, 0.717) is 19.6 Å². The number of hydrogen-bond donors (Lipinski definition) is 1. The van der Waals surface area contributed by atoms with E-state index in [1.807, 2.05) is 0 Å². The molecule has 5 heteroatoms. The van der Waals surface area contributed by atoms with Crippen LogP contribution in [0.15, 0.2) is 0 Å². The molecule has 0 radical (unpaired) electrons. The highest BCUT2D eigenvalue weighted by Gasteiger charge is 2.31. The normalized spacial score (nSPS) is 28.9. The van der Waals surface area contributed by atoms with E-state index in [9.17, 15) is 13.6 Å². The van der Waals surface area contributed by atoms with E-state index < -0.39 is 17.9 Å². The second kappa shape index (κ2) is 4.00. The fraction of sp³-hybridized carbons (Fsp3) is 0.875. The smallest absolute Gasteiger partial charge is 0.315 e. The van der Waals surface area contributed by atoms with Crippen molar-refractivity contribution in [3.8, 4) is 0 Å². The first-order valence-electron chi connectivity index (χ1n) is 4.21. The molecule has 13 heavy (non-hydrogen) atoms. The summed E-state index contributed by atoms with van der Waals surface area (Å²) >= 11 is 0. The third-order valence-corrected chi connectivity index (χ3v) is 2.06. The zero-order valence-electron chi connectivity index (χ0n) is 7.48. The average molecular weight is 193 g/mol. The minimum Gasteiger partial charge on any atom is -0.379 e. The monoisotopic (exact) mass is 193 g/mol. The van der Waals surface area contributed by atoms with Gasteiger partial charge < -0.3 is 10.1 Å². The second-order valence-corrected chi connectivity index (χ2v) is 3.51. The van der Waals surface area contributed by atoms with E-state index in [0.717, 1.165) is 6.42 Å². The van der Waals surface area contributed by atoms with Gasteiger partial charge in [0.25, 0.3) is 5.91 Å². The van der Waals surface area contributed by atoms with Crippen LogP contribution in [0.25, 0.3) is 0 Å². The van der Waals surface area contributed by atoms with Crippen LogP contribution in [0.5, 0.6) is 0 Å². The number of alkyl halides is 2. The lowest BCUT2D eigenvalue weighted by atomic mass is 9.95. The molecule has 1 heterocycles. The standard InChI is InChI=1S/C8H13F2NO2/c1-8(3-2-4-13-5-8)11-7(12)6(9)10/h6H,2-5H2,1H3,(H,11,12). The number of amides is 1. The number of carbonyl (C=O) groups is 1. The maximum absolute atomic E-state index is 11.9. The molecule has 0 aliphatic carbocycles. The van der Waals surface area contributed by atoms with Gasteiger partial charge >= 0.3 is 6.43 Å². The first kappa shape index (κ1) is 10.4. The molecule has 0 aromatic heterocycles. The fourth-order valence-corrected chi connectivity index (χ4v) is 1.38. The fourth-order valence-electron chi connectivity index (χ4n) is 1.38. The summed E-state index contributed by atoms with van der Waals surface area (Å²) in [7, 11) is 0. The van der Waals surface area contributed by atoms with Crippen LogP contribution in [0, 0.1) is 0 Å². The minimum atomic E-state index is -2.95. The van der Waals surface area contributed by atoms with Crippen molar-refractivity contribution in [2.45, 2.75) is 31.7 Å². The molecule has 76 valence electrons. The first-order valence-corrected chi connectivity index (χ1v) is 4.21. The molecule has 1 amide bonds. The van der Waals surface area contributed by atoms with Crippen LogP contribution in [-0.2, 0) is 9.53 Å². The summed E-state index contributed by atoms with van der Waals surface area (Å²) in [5.74, 6) is -1.21. The summed E-state index contributed by atoms with van der Waals surface area (Å²) in [6.07, 6.45) is -1.47. The van der Waals surface area contributed by atoms with Crippen LogP contribution in [0.2, 0.25) is 0 Å². The van der Waals surface area contributed by atoms with E-state index in [4.69, 9.17) is 4.74 Å². The summed E-state index contributed by atoms with van der Waals surface area (Å²) in [5.41, 5.74) is -0.619. The summed E-state index contributed by atoms with van der Waals surface area (Å²) < 4.78 is 28.9. The Morgan fingerprint density at radius 3 is 2.77 bits per heavy atom. The van der Waals surface area contributed by atoms with Crippen LogP contribution in [0.1, 0.15) is 19.8 Å². The second-order valence-electron chi connectivity index (χ2n) is 3.51. The van der Waals surface area contributed by atoms with Crippen LogP contribution in [0.3, 0.4) is 0 Å². The molecule has 0 aromatic carbocycles. The molecule has 1 aliphatic rings. The predicted molar refractivity (Wildman–Crippen MR) is 42.6 cm³/mol. The molecule has 0 saturated carbocycles. The van der Waals surface area contributed by atoms with Crippen molar-refractivity contribution in [2.75, 3.05) is 13.2 Å². The van der Waals surface area contributed by atoms with Gasteiger partial charge in [-0.2, -0.15) is 8.78 Å². The van der Waals surface area contributed by atoms with Gasteiger partial charge in [0, 0.05) is 6.61 Å².